The Balaban J connectivity index is 1.45. The van der Waals surface area contributed by atoms with Crippen molar-refractivity contribution in [3.8, 4) is 0 Å². The van der Waals surface area contributed by atoms with Gasteiger partial charge in [0.2, 0.25) is 5.91 Å². The van der Waals surface area contributed by atoms with Gasteiger partial charge in [0.1, 0.15) is 11.5 Å². The van der Waals surface area contributed by atoms with Gasteiger partial charge in [-0.15, -0.1) is 0 Å². The molecule has 0 unspecified atom stereocenters. The van der Waals surface area contributed by atoms with Crippen molar-refractivity contribution in [2.24, 2.45) is 11.8 Å². The lowest BCUT2D eigenvalue weighted by atomic mass is 9.89. The molecule has 0 radical (unpaired) electrons. The standard InChI is InChI=1S/C23H22FN5O2/c1-13-12-29(23(31)17-4-7-25-11-19(17)24)9-6-15(13)18-10-20(28-22(30)14-2-3-14)27-21-16(18)5-8-26-21/h4-8,10-11,13-14H,2-3,9,12H2,1H3,(H2,26,27,28,30)/t13-/m1/s1. The van der Waals surface area contributed by atoms with E-state index in [1.54, 1.807) is 4.90 Å². The van der Waals surface area contributed by atoms with Gasteiger partial charge in [0.25, 0.3) is 5.91 Å². The first-order valence-corrected chi connectivity index (χ1v) is 10.4. The number of amides is 2. The Morgan fingerprint density at radius 1 is 1.29 bits per heavy atom. The van der Waals surface area contributed by atoms with Crippen LogP contribution in [0, 0.1) is 17.7 Å². The van der Waals surface area contributed by atoms with Crippen LogP contribution in [0.1, 0.15) is 35.7 Å². The summed E-state index contributed by atoms with van der Waals surface area (Å²) in [7, 11) is 0. The number of hydrogen-bond acceptors (Lipinski definition) is 4. The number of halogens is 1. The first-order chi connectivity index (χ1) is 15.0. The van der Waals surface area contributed by atoms with Crippen LogP contribution in [0.3, 0.4) is 0 Å². The summed E-state index contributed by atoms with van der Waals surface area (Å²) >= 11 is 0. The summed E-state index contributed by atoms with van der Waals surface area (Å²) in [5.74, 6) is -0.325. The number of H-pyrrole nitrogens is 1. The van der Waals surface area contributed by atoms with Crippen molar-refractivity contribution in [2.75, 3.05) is 18.4 Å². The van der Waals surface area contributed by atoms with Gasteiger partial charge in [0, 0.05) is 36.8 Å². The van der Waals surface area contributed by atoms with Gasteiger partial charge < -0.3 is 15.2 Å². The number of hydrogen-bond donors (Lipinski definition) is 2. The topological polar surface area (TPSA) is 91.0 Å². The zero-order chi connectivity index (χ0) is 21.5. The van der Waals surface area contributed by atoms with Crippen LogP contribution in [0.5, 0.6) is 0 Å². The number of aromatic amines is 1. The summed E-state index contributed by atoms with van der Waals surface area (Å²) in [4.78, 5) is 38.0. The lowest BCUT2D eigenvalue weighted by molar-refractivity contribution is -0.117. The van der Waals surface area contributed by atoms with Crippen molar-refractivity contribution >= 4 is 34.2 Å². The normalized spacial score (nSPS) is 18.7. The van der Waals surface area contributed by atoms with Crippen LogP contribution in [0.25, 0.3) is 16.6 Å². The third kappa shape index (κ3) is 3.69. The zero-order valence-electron chi connectivity index (χ0n) is 17.1. The highest BCUT2D eigenvalue weighted by Crippen LogP contribution is 2.35. The monoisotopic (exact) mass is 419 g/mol. The number of fused-ring (bicyclic) bond motifs is 1. The van der Waals surface area contributed by atoms with Crippen LogP contribution in [0.4, 0.5) is 10.2 Å². The average molecular weight is 419 g/mol. The number of anilines is 1. The lowest BCUT2D eigenvalue weighted by Gasteiger charge is -2.32. The maximum absolute atomic E-state index is 14.0. The molecule has 3 aromatic heterocycles. The summed E-state index contributed by atoms with van der Waals surface area (Å²) in [6.45, 7) is 2.87. The van der Waals surface area contributed by atoms with E-state index in [0.29, 0.717) is 24.6 Å². The van der Waals surface area contributed by atoms with Crippen molar-refractivity contribution in [1.29, 1.82) is 0 Å². The van der Waals surface area contributed by atoms with E-state index in [2.05, 4.69) is 20.3 Å². The van der Waals surface area contributed by atoms with Crippen LogP contribution < -0.4 is 5.32 Å². The second-order valence-electron chi connectivity index (χ2n) is 8.18. The van der Waals surface area contributed by atoms with Crippen LogP contribution in [0.2, 0.25) is 0 Å². The fourth-order valence-corrected chi connectivity index (χ4v) is 4.09. The second kappa shape index (κ2) is 7.61. The van der Waals surface area contributed by atoms with Crippen LogP contribution in [0.15, 0.2) is 42.9 Å². The molecule has 4 heterocycles. The van der Waals surface area contributed by atoms with E-state index in [-0.39, 0.29) is 29.2 Å². The van der Waals surface area contributed by atoms with Gasteiger partial charge in [0.15, 0.2) is 5.82 Å². The van der Waals surface area contributed by atoms with Gasteiger partial charge in [-0.1, -0.05) is 13.0 Å². The number of carbonyl (C=O) groups is 2. The van der Waals surface area contributed by atoms with Gasteiger partial charge in [-0.25, -0.2) is 9.37 Å². The summed E-state index contributed by atoms with van der Waals surface area (Å²) in [5.41, 5.74) is 2.79. The molecule has 0 bridgehead atoms. The van der Waals surface area contributed by atoms with E-state index in [0.717, 1.165) is 35.6 Å². The molecule has 0 aromatic carbocycles. The summed E-state index contributed by atoms with van der Waals surface area (Å²) in [6.07, 6.45) is 8.14. The van der Waals surface area contributed by atoms with Crippen molar-refractivity contribution < 1.29 is 14.0 Å². The highest BCUT2D eigenvalue weighted by atomic mass is 19.1. The van der Waals surface area contributed by atoms with Gasteiger partial charge >= 0.3 is 0 Å². The molecule has 7 nitrogen and oxygen atoms in total. The Morgan fingerprint density at radius 3 is 2.87 bits per heavy atom. The maximum atomic E-state index is 14.0. The zero-order valence-corrected chi connectivity index (χ0v) is 17.1. The first kappa shape index (κ1) is 19.4. The second-order valence-corrected chi connectivity index (χ2v) is 8.18. The van der Waals surface area contributed by atoms with E-state index >= 15 is 0 Å². The first-order valence-electron chi connectivity index (χ1n) is 10.4. The van der Waals surface area contributed by atoms with Crippen molar-refractivity contribution in [3.05, 3.63) is 59.8 Å². The van der Waals surface area contributed by atoms with Crippen LogP contribution in [-0.2, 0) is 4.79 Å². The minimum atomic E-state index is -0.617. The Morgan fingerprint density at radius 2 is 2.13 bits per heavy atom. The quantitative estimate of drug-likeness (QED) is 0.676. The third-order valence-corrected chi connectivity index (χ3v) is 5.89. The predicted octanol–water partition coefficient (Wildman–Crippen LogP) is 3.62. The molecule has 1 aliphatic carbocycles. The van der Waals surface area contributed by atoms with Gasteiger partial charge in [-0.3, -0.25) is 14.6 Å². The Bertz CT molecular complexity index is 1210. The largest absolute Gasteiger partial charge is 0.346 e. The van der Waals surface area contributed by atoms with E-state index < -0.39 is 5.82 Å². The Hall–Kier alpha value is -3.55. The van der Waals surface area contributed by atoms with Gasteiger partial charge in [-0.05, 0) is 48.1 Å². The Labute approximate surface area is 178 Å². The molecule has 0 saturated heterocycles. The number of rotatable bonds is 4. The maximum Gasteiger partial charge on any atom is 0.257 e. The number of pyridine rings is 2. The molecular formula is C23H22FN5O2. The third-order valence-electron chi connectivity index (χ3n) is 5.89. The van der Waals surface area contributed by atoms with Crippen molar-refractivity contribution in [3.63, 3.8) is 0 Å². The molecule has 1 aliphatic heterocycles. The summed E-state index contributed by atoms with van der Waals surface area (Å²) in [5, 5.41) is 3.89. The predicted molar refractivity (Wildman–Crippen MR) is 115 cm³/mol. The highest BCUT2D eigenvalue weighted by molar-refractivity contribution is 5.98. The minimum absolute atomic E-state index is 0.00572. The average Bonchev–Trinajstić information content (AvgIpc) is 3.51. The molecule has 2 N–H and O–H groups in total. The molecule has 1 atom stereocenters. The minimum Gasteiger partial charge on any atom is -0.346 e. The Kier molecular flexibility index (Phi) is 4.77. The van der Waals surface area contributed by atoms with E-state index in [9.17, 15) is 14.0 Å². The van der Waals surface area contributed by atoms with E-state index in [4.69, 9.17) is 0 Å². The van der Waals surface area contributed by atoms with Crippen molar-refractivity contribution in [1.82, 2.24) is 19.9 Å². The fraction of sp³-hybridized carbons (Fsp3) is 0.304. The number of carbonyl (C=O) groups excluding carboxylic acids is 2. The van der Waals surface area contributed by atoms with E-state index in [1.165, 1.54) is 12.3 Å². The fourth-order valence-electron chi connectivity index (χ4n) is 4.09. The van der Waals surface area contributed by atoms with Crippen LogP contribution in [-0.4, -0.2) is 44.8 Å². The molecule has 2 amide bonds. The van der Waals surface area contributed by atoms with E-state index in [1.807, 2.05) is 31.3 Å². The molecule has 3 aromatic rings. The number of aromatic nitrogens is 3. The van der Waals surface area contributed by atoms with Gasteiger partial charge in [0.05, 0.1) is 11.8 Å². The number of nitrogens with one attached hydrogen (secondary N) is 2. The molecule has 5 rings (SSSR count). The lowest BCUT2D eigenvalue weighted by Crippen LogP contribution is -2.38. The SMILES string of the molecule is C[C@@H]1CN(C(=O)c2ccncc2F)CC=C1c1cc(NC(=O)C2CC2)nc2[nH]ccc12. The molecule has 1 fully saturated rings. The summed E-state index contributed by atoms with van der Waals surface area (Å²) < 4.78 is 14.0. The number of nitrogens with zero attached hydrogens (tertiary/aromatic N) is 3. The molecular weight excluding hydrogens is 397 g/mol. The summed E-state index contributed by atoms with van der Waals surface area (Å²) in [6, 6.07) is 5.27. The molecule has 1 saturated carbocycles. The smallest absolute Gasteiger partial charge is 0.257 e. The highest BCUT2D eigenvalue weighted by Gasteiger charge is 2.31. The van der Waals surface area contributed by atoms with Crippen molar-refractivity contribution in [2.45, 2.75) is 19.8 Å². The molecule has 0 spiro atoms. The molecule has 158 valence electrons. The molecule has 8 heteroatoms. The molecule has 31 heavy (non-hydrogen) atoms. The molecule has 2 aliphatic rings. The van der Waals surface area contributed by atoms with Crippen LogP contribution >= 0.6 is 0 Å². The van der Waals surface area contributed by atoms with Gasteiger partial charge in [-0.2, -0.15) is 0 Å².